The van der Waals surface area contributed by atoms with Crippen LogP contribution in [0, 0.1) is 0 Å². The van der Waals surface area contributed by atoms with Crippen molar-refractivity contribution in [3.8, 4) is 0 Å². The Kier molecular flexibility index (Phi) is 8.74. The number of nitrogens with zero attached hydrogens (tertiary/aromatic N) is 1. The number of carbonyl (C=O) groups is 2. The summed E-state index contributed by atoms with van der Waals surface area (Å²) < 4.78 is 0. The van der Waals surface area contributed by atoms with Gasteiger partial charge in [0, 0.05) is 31.7 Å². The highest BCUT2D eigenvalue weighted by atomic mass is 35.5. The molecule has 32 heavy (non-hydrogen) atoms. The van der Waals surface area contributed by atoms with E-state index in [0.29, 0.717) is 37.3 Å². The van der Waals surface area contributed by atoms with E-state index in [0.717, 1.165) is 30.0 Å². The van der Waals surface area contributed by atoms with Gasteiger partial charge in [-0.15, -0.1) is 11.6 Å². The molecule has 0 radical (unpaired) electrons. The fourth-order valence-electron chi connectivity index (χ4n) is 3.36. The fourth-order valence-corrected chi connectivity index (χ4v) is 3.44. The molecule has 0 fully saturated rings. The van der Waals surface area contributed by atoms with Gasteiger partial charge in [-0.05, 0) is 36.6 Å². The van der Waals surface area contributed by atoms with Crippen LogP contribution in [0.25, 0.3) is 0 Å². The Balaban J connectivity index is 1.64. The van der Waals surface area contributed by atoms with Crippen LogP contribution >= 0.6 is 11.6 Å². The number of benzene rings is 2. The van der Waals surface area contributed by atoms with Gasteiger partial charge in [-0.2, -0.15) is 0 Å². The number of hydrogen-bond donors (Lipinski definition) is 5. The van der Waals surface area contributed by atoms with Crippen molar-refractivity contribution >= 4 is 40.6 Å². The Morgan fingerprint density at radius 3 is 2.59 bits per heavy atom. The molecule has 1 aliphatic rings. The summed E-state index contributed by atoms with van der Waals surface area (Å²) >= 11 is 5.64. The Labute approximate surface area is 193 Å². The van der Waals surface area contributed by atoms with E-state index in [-0.39, 0.29) is 17.7 Å². The highest BCUT2D eigenvalue weighted by Crippen LogP contribution is 2.25. The lowest BCUT2D eigenvalue weighted by molar-refractivity contribution is -0.123. The average molecular weight is 457 g/mol. The number of rotatable bonds is 10. The topological polar surface area (TPSA) is 121 Å². The molecule has 0 aromatic heterocycles. The number of anilines is 2. The molecule has 1 aliphatic heterocycles. The van der Waals surface area contributed by atoms with Crippen molar-refractivity contribution in [2.45, 2.75) is 25.4 Å². The molecule has 2 amide bonds. The zero-order valence-electron chi connectivity index (χ0n) is 17.9. The summed E-state index contributed by atoms with van der Waals surface area (Å²) in [5, 5.41) is 12.3. The maximum atomic E-state index is 12.9. The molecule has 0 aliphatic carbocycles. The number of hydrogen-bond acceptors (Lipinski definition) is 5. The monoisotopic (exact) mass is 456 g/mol. The third-order valence-electron chi connectivity index (χ3n) is 5.07. The van der Waals surface area contributed by atoms with Gasteiger partial charge >= 0.3 is 0 Å². The second kappa shape index (κ2) is 12.0. The van der Waals surface area contributed by atoms with E-state index in [4.69, 9.17) is 17.3 Å². The highest BCUT2D eigenvalue weighted by molar-refractivity contribution is 6.27. The van der Waals surface area contributed by atoms with E-state index in [1.54, 1.807) is 12.1 Å². The Morgan fingerprint density at radius 1 is 1.09 bits per heavy atom. The lowest BCUT2D eigenvalue weighted by Crippen LogP contribution is -2.46. The number of amidine groups is 1. The minimum atomic E-state index is -0.694. The summed E-state index contributed by atoms with van der Waals surface area (Å²) in [6, 6.07) is 14.3. The summed E-state index contributed by atoms with van der Waals surface area (Å²) in [7, 11) is 0. The molecular formula is C23H29ClN6O2. The van der Waals surface area contributed by atoms with Gasteiger partial charge in [-0.3, -0.25) is 14.6 Å². The van der Waals surface area contributed by atoms with E-state index >= 15 is 0 Å². The number of nitrogens with two attached hydrogens (primary N) is 1. The maximum Gasteiger partial charge on any atom is 0.252 e. The number of carbonyl (C=O) groups excluding carboxylic acids is 2. The van der Waals surface area contributed by atoms with Crippen molar-refractivity contribution in [2.75, 3.05) is 36.1 Å². The SMILES string of the molecule is NC(CCl)=NCCC[C@H](NC(=O)c1ccc2c(c1)NCCN2)C(=O)NCc1ccccc1. The molecule has 0 saturated heterocycles. The Morgan fingerprint density at radius 2 is 1.84 bits per heavy atom. The number of halogens is 1. The number of alkyl halides is 1. The third kappa shape index (κ3) is 6.88. The lowest BCUT2D eigenvalue weighted by atomic mass is 10.1. The summed E-state index contributed by atoms with van der Waals surface area (Å²) in [6.45, 7) is 2.44. The second-order valence-corrected chi connectivity index (χ2v) is 7.76. The Bertz CT molecular complexity index is 951. The summed E-state index contributed by atoms with van der Waals surface area (Å²) in [5.74, 6) is -0.0205. The van der Waals surface area contributed by atoms with Gasteiger partial charge in [-0.25, -0.2) is 0 Å². The number of fused-ring (bicyclic) bond motifs is 1. The van der Waals surface area contributed by atoms with E-state index in [2.05, 4.69) is 26.3 Å². The molecule has 0 spiro atoms. The molecule has 2 aromatic carbocycles. The highest BCUT2D eigenvalue weighted by Gasteiger charge is 2.22. The van der Waals surface area contributed by atoms with E-state index < -0.39 is 6.04 Å². The summed E-state index contributed by atoms with van der Waals surface area (Å²) in [6.07, 6.45) is 1.01. The first-order chi connectivity index (χ1) is 15.6. The number of aliphatic imine (C=N–C) groups is 1. The van der Waals surface area contributed by atoms with Crippen LogP contribution in [0.15, 0.2) is 53.5 Å². The average Bonchev–Trinajstić information content (AvgIpc) is 2.84. The van der Waals surface area contributed by atoms with E-state index in [1.807, 2.05) is 36.4 Å². The minimum absolute atomic E-state index is 0.166. The smallest absolute Gasteiger partial charge is 0.252 e. The molecule has 2 aromatic rings. The molecule has 0 saturated carbocycles. The van der Waals surface area contributed by atoms with Crippen molar-refractivity contribution in [1.29, 1.82) is 0 Å². The van der Waals surface area contributed by atoms with Gasteiger partial charge in [0.25, 0.3) is 5.91 Å². The first-order valence-corrected chi connectivity index (χ1v) is 11.2. The van der Waals surface area contributed by atoms with Crippen LogP contribution in [0.1, 0.15) is 28.8 Å². The van der Waals surface area contributed by atoms with Crippen LogP contribution in [0.3, 0.4) is 0 Å². The molecule has 1 heterocycles. The van der Waals surface area contributed by atoms with Crippen molar-refractivity contribution in [2.24, 2.45) is 10.7 Å². The zero-order valence-corrected chi connectivity index (χ0v) is 18.6. The van der Waals surface area contributed by atoms with Crippen LogP contribution in [0.4, 0.5) is 11.4 Å². The van der Waals surface area contributed by atoms with Crippen molar-refractivity contribution in [3.05, 3.63) is 59.7 Å². The molecular weight excluding hydrogens is 428 g/mol. The van der Waals surface area contributed by atoms with Gasteiger partial charge in [0.2, 0.25) is 5.91 Å². The third-order valence-corrected chi connectivity index (χ3v) is 5.35. The van der Waals surface area contributed by atoms with Crippen molar-refractivity contribution < 1.29 is 9.59 Å². The van der Waals surface area contributed by atoms with Crippen molar-refractivity contribution in [3.63, 3.8) is 0 Å². The normalized spacial score (nSPS) is 13.8. The number of amides is 2. The van der Waals surface area contributed by atoms with Crippen LogP contribution in [-0.4, -0.2) is 49.2 Å². The first-order valence-electron chi connectivity index (χ1n) is 10.7. The van der Waals surface area contributed by atoms with Gasteiger partial charge in [0.1, 0.15) is 11.9 Å². The molecule has 9 heteroatoms. The molecule has 3 rings (SSSR count). The fraction of sp³-hybridized carbons (Fsp3) is 0.348. The summed E-state index contributed by atoms with van der Waals surface area (Å²) in [4.78, 5) is 29.9. The molecule has 170 valence electrons. The van der Waals surface area contributed by atoms with Gasteiger partial charge in [0.15, 0.2) is 0 Å². The molecule has 6 N–H and O–H groups in total. The van der Waals surface area contributed by atoms with Crippen LogP contribution in [-0.2, 0) is 11.3 Å². The zero-order chi connectivity index (χ0) is 22.8. The predicted molar refractivity (Wildman–Crippen MR) is 129 cm³/mol. The van der Waals surface area contributed by atoms with Crippen LogP contribution in [0.5, 0.6) is 0 Å². The summed E-state index contributed by atoms with van der Waals surface area (Å²) in [5.41, 5.74) is 8.94. The molecule has 1 atom stereocenters. The second-order valence-electron chi connectivity index (χ2n) is 7.49. The standard InChI is InChI=1S/C23H29ClN6O2/c24-14-21(25)28-10-4-7-19(23(32)29-15-16-5-2-1-3-6-16)30-22(31)17-8-9-18-20(13-17)27-12-11-26-18/h1-3,5-6,8-9,13,19,26-27H,4,7,10-12,14-15H2,(H2,25,28)(H,29,32)(H,30,31)/t19-/m0/s1. The number of nitrogens with one attached hydrogen (secondary N) is 4. The Hall–Kier alpha value is -3.26. The molecule has 0 unspecified atom stereocenters. The largest absolute Gasteiger partial charge is 0.386 e. The van der Waals surface area contributed by atoms with Crippen LogP contribution < -0.4 is 27.0 Å². The minimum Gasteiger partial charge on any atom is -0.386 e. The van der Waals surface area contributed by atoms with E-state index in [1.165, 1.54) is 0 Å². The molecule has 0 bridgehead atoms. The predicted octanol–water partition coefficient (Wildman–Crippen LogP) is 2.32. The first kappa shape index (κ1) is 23.4. The van der Waals surface area contributed by atoms with Gasteiger partial charge < -0.3 is 27.0 Å². The van der Waals surface area contributed by atoms with Crippen LogP contribution in [0.2, 0.25) is 0 Å². The lowest BCUT2D eigenvalue weighted by Gasteiger charge is -2.21. The quantitative estimate of drug-likeness (QED) is 0.162. The van der Waals surface area contributed by atoms with E-state index in [9.17, 15) is 9.59 Å². The molecule has 8 nitrogen and oxygen atoms in total. The van der Waals surface area contributed by atoms with Gasteiger partial charge in [-0.1, -0.05) is 30.3 Å². The maximum absolute atomic E-state index is 12.9. The van der Waals surface area contributed by atoms with Gasteiger partial charge in [0.05, 0.1) is 17.3 Å². The van der Waals surface area contributed by atoms with Crippen molar-refractivity contribution in [1.82, 2.24) is 10.6 Å².